The molecule has 1 saturated heterocycles. The van der Waals surface area contributed by atoms with Gasteiger partial charge in [-0.3, -0.25) is 15.1 Å². The number of ether oxygens (including phenoxy) is 3. The summed E-state index contributed by atoms with van der Waals surface area (Å²) in [7, 11) is 0. The van der Waals surface area contributed by atoms with Crippen molar-refractivity contribution in [1.82, 2.24) is 19.9 Å². The van der Waals surface area contributed by atoms with E-state index >= 15 is 0 Å². The summed E-state index contributed by atoms with van der Waals surface area (Å²) in [5.74, 6) is 1.12. The van der Waals surface area contributed by atoms with E-state index in [1.165, 1.54) is 17.3 Å². The molecule has 2 amide bonds. The molecule has 0 aliphatic carbocycles. The van der Waals surface area contributed by atoms with Crippen LogP contribution in [0.5, 0.6) is 11.5 Å². The third kappa shape index (κ3) is 6.69. The monoisotopic (exact) mass is 588 g/mol. The maximum atomic E-state index is 12.9. The minimum Gasteiger partial charge on any atom is -0.492 e. The smallest absolute Gasteiger partial charge is 0.413 e. The van der Waals surface area contributed by atoms with Crippen molar-refractivity contribution in [2.24, 2.45) is 0 Å². The molecule has 3 heterocycles. The molecule has 4 aromatic rings. The fourth-order valence-corrected chi connectivity index (χ4v) is 4.75. The zero-order valence-corrected chi connectivity index (χ0v) is 23.6. The molecule has 0 unspecified atom stereocenters. The Morgan fingerprint density at radius 1 is 1.12 bits per heavy atom. The number of aromatic nitrogens is 3. The van der Waals surface area contributed by atoms with Crippen LogP contribution in [0.1, 0.15) is 25.5 Å². The predicted molar refractivity (Wildman–Crippen MR) is 159 cm³/mol. The maximum absolute atomic E-state index is 12.9. The molecule has 216 valence electrons. The Hall–Kier alpha value is -4.90. The Kier molecular flexibility index (Phi) is 8.98. The minimum atomic E-state index is -0.719. The molecule has 11 nitrogen and oxygen atoms in total. The maximum Gasteiger partial charge on any atom is 0.413 e. The third-order valence-corrected chi connectivity index (χ3v) is 6.76. The fourth-order valence-electron chi connectivity index (χ4n) is 4.51. The third-order valence-electron chi connectivity index (χ3n) is 6.47. The molecule has 0 radical (unpaired) electrons. The Labute approximate surface area is 247 Å². The van der Waals surface area contributed by atoms with Crippen LogP contribution in [-0.2, 0) is 16.1 Å². The molecular weight excluding hydrogens is 560 g/mol. The second kappa shape index (κ2) is 13.2. The standard InChI is InChI=1S/C30H29ClN6O5/c1-3-27(38)37-13-7-9-28(37)42-30(39)36-24-15-21-23(16-26(24)40-4-2)33-18-34-29(21)35-19-10-11-25(22(31)14-19)41-17-20-8-5-6-12-32-20/h3,5-6,8,10-12,14-16,18,28H,1,4,7,9,13,17H2,2H3,(H,36,39)(H,33,34,35)/t28-/m0/s1. The van der Waals surface area contributed by atoms with Gasteiger partial charge >= 0.3 is 6.09 Å². The highest BCUT2D eigenvalue weighted by Crippen LogP contribution is 2.35. The van der Waals surface area contributed by atoms with E-state index in [1.54, 1.807) is 30.5 Å². The van der Waals surface area contributed by atoms with Crippen molar-refractivity contribution in [2.75, 3.05) is 23.8 Å². The van der Waals surface area contributed by atoms with Crippen molar-refractivity contribution in [3.8, 4) is 11.5 Å². The fraction of sp³-hybridized carbons (Fsp3) is 0.233. The molecule has 2 aromatic carbocycles. The number of nitrogens with one attached hydrogen (secondary N) is 2. The van der Waals surface area contributed by atoms with Gasteiger partial charge in [-0.15, -0.1) is 0 Å². The van der Waals surface area contributed by atoms with Gasteiger partial charge in [0.2, 0.25) is 5.91 Å². The number of likely N-dealkylation sites (tertiary alicyclic amines) is 1. The molecule has 42 heavy (non-hydrogen) atoms. The molecule has 0 spiro atoms. The number of anilines is 3. The molecular formula is C30H29ClN6O5. The van der Waals surface area contributed by atoms with Gasteiger partial charge in [-0.25, -0.2) is 14.8 Å². The Bertz CT molecular complexity index is 1600. The first-order valence-corrected chi connectivity index (χ1v) is 13.7. The molecule has 1 fully saturated rings. The number of carbonyl (C=O) groups is 2. The van der Waals surface area contributed by atoms with Crippen molar-refractivity contribution in [1.29, 1.82) is 0 Å². The van der Waals surface area contributed by atoms with E-state index in [1.807, 2.05) is 31.2 Å². The van der Waals surface area contributed by atoms with Gasteiger partial charge in [0.15, 0.2) is 6.23 Å². The molecule has 1 atom stereocenters. The van der Waals surface area contributed by atoms with Gasteiger partial charge in [0, 0.05) is 36.3 Å². The van der Waals surface area contributed by atoms with E-state index in [0.29, 0.717) is 64.2 Å². The van der Waals surface area contributed by atoms with E-state index in [0.717, 1.165) is 12.1 Å². The number of fused-ring (bicyclic) bond motifs is 1. The second-order valence-corrected chi connectivity index (χ2v) is 9.67. The van der Waals surface area contributed by atoms with Crippen LogP contribution in [0.2, 0.25) is 5.02 Å². The highest BCUT2D eigenvalue weighted by molar-refractivity contribution is 6.32. The van der Waals surface area contributed by atoms with E-state index in [-0.39, 0.29) is 12.5 Å². The van der Waals surface area contributed by atoms with Crippen LogP contribution < -0.4 is 20.1 Å². The van der Waals surface area contributed by atoms with Crippen LogP contribution in [0.3, 0.4) is 0 Å². The van der Waals surface area contributed by atoms with E-state index in [9.17, 15) is 9.59 Å². The van der Waals surface area contributed by atoms with Crippen molar-refractivity contribution in [3.63, 3.8) is 0 Å². The average Bonchev–Trinajstić information content (AvgIpc) is 3.45. The first-order chi connectivity index (χ1) is 20.4. The van der Waals surface area contributed by atoms with E-state index < -0.39 is 12.3 Å². The number of rotatable bonds is 10. The van der Waals surface area contributed by atoms with Crippen LogP contribution >= 0.6 is 11.6 Å². The molecule has 5 rings (SSSR count). The predicted octanol–water partition coefficient (Wildman–Crippen LogP) is 6.08. The molecule has 0 saturated carbocycles. The number of pyridine rings is 1. The largest absolute Gasteiger partial charge is 0.492 e. The quantitative estimate of drug-likeness (QED) is 0.212. The van der Waals surface area contributed by atoms with Gasteiger partial charge < -0.3 is 24.4 Å². The summed E-state index contributed by atoms with van der Waals surface area (Å²) in [5.41, 5.74) is 2.41. The summed E-state index contributed by atoms with van der Waals surface area (Å²) in [4.78, 5) is 39.5. The summed E-state index contributed by atoms with van der Waals surface area (Å²) in [5, 5.41) is 7.04. The van der Waals surface area contributed by atoms with Crippen molar-refractivity contribution < 1.29 is 23.8 Å². The van der Waals surface area contributed by atoms with Gasteiger partial charge in [-0.1, -0.05) is 24.2 Å². The number of amides is 2. The summed E-state index contributed by atoms with van der Waals surface area (Å²) in [6, 6.07) is 14.3. The van der Waals surface area contributed by atoms with Gasteiger partial charge in [0.1, 0.15) is 30.3 Å². The van der Waals surface area contributed by atoms with Crippen LogP contribution in [0, 0.1) is 0 Å². The lowest BCUT2D eigenvalue weighted by atomic mass is 10.2. The van der Waals surface area contributed by atoms with Gasteiger partial charge in [0.05, 0.1) is 28.5 Å². The summed E-state index contributed by atoms with van der Waals surface area (Å²) >= 11 is 6.50. The minimum absolute atomic E-state index is 0.285. The zero-order valence-electron chi connectivity index (χ0n) is 22.9. The van der Waals surface area contributed by atoms with Crippen LogP contribution in [0.15, 0.2) is 73.7 Å². The topological polar surface area (TPSA) is 128 Å². The zero-order chi connectivity index (χ0) is 29.5. The molecule has 0 bridgehead atoms. The van der Waals surface area contributed by atoms with Gasteiger partial charge in [0.25, 0.3) is 0 Å². The Balaban J connectivity index is 1.35. The van der Waals surface area contributed by atoms with Crippen molar-refractivity contribution >= 4 is 51.7 Å². The molecule has 2 N–H and O–H groups in total. The van der Waals surface area contributed by atoms with Crippen LogP contribution in [0.25, 0.3) is 10.9 Å². The van der Waals surface area contributed by atoms with Gasteiger partial charge in [-0.05, 0) is 55.8 Å². The van der Waals surface area contributed by atoms with E-state index in [2.05, 4.69) is 32.2 Å². The van der Waals surface area contributed by atoms with Crippen molar-refractivity contribution in [3.05, 3.63) is 84.4 Å². The number of hydrogen-bond donors (Lipinski definition) is 2. The summed E-state index contributed by atoms with van der Waals surface area (Å²) in [6.07, 6.45) is 4.22. The molecule has 1 aliphatic rings. The SMILES string of the molecule is C=CC(=O)N1CCC[C@@H]1OC(=O)Nc1cc2c(Nc3ccc(OCc4ccccn4)c(Cl)c3)ncnc2cc1OCC. The number of carbonyl (C=O) groups excluding carboxylic acids is 2. The first-order valence-electron chi connectivity index (χ1n) is 13.4. The highest BCUT2D eigenvalue weighted by atomic mass is 35.5. The highest BCUT2D eigenvalue weighted by Gasteiger charge is 2.30. The Morgan fingerprint density at radius 2 is 2.00 bits per heavy atom. The second-order valence-electron chi connectivity index (χ2n) is 9.26. The summed E-state index contributed by atoms with van der Waals surface area (Å²) in [6.45, 7) is 6.50. The molecule has 2 aromatic heterocycles. The number of halogens is 1. The number of benzene rings is 2. The lowest BCUT2D eigenvalue weighted by Gasteiger charge is -2.23. The number of nitrogens with zero attached hydrogens (tertiary/aromatic N) is 4. The lowest BCUT2D eigenvalue weighted by molar-refractivity contribution is -0.132. The molecule has 1 aliphatic heterocycles. The van der Waals surface area contributed by atoms with Crippen LogP contribution in [-0.4, -0.2) is 51.2 Å². The van der Waals surface area contributed by atoms with Crippen LogP contribution in [0.4, 0.5) is 22.0 Å². The first kappa shape index (κ1) is 28.6. The number of hydrogen-bond acceptors (Lipinski definition) is 9. The Morgan fingerprint density at radius 3 is 2.76 bits per heavy atom. The van der Waals surface area contributed by atoms with E-state index in [4.69, 9.17) is 25.8 Å². The van der Waals surface area contributed by atoms with Gasteiger partial charge in [-0.2, -0.15) is 0 Å². The van der Waals surface area contributed by atoms with Crippen molar-refractivity contribution in [2.45, 2.75) is 32.6 Å². The average molecular weight is 589 g/mol. The lowest BCUT2D eigenvalue weighted by Crippen LogP contribution is -2.38. The molecule has 12 heteroatoms. The normalized spacial score (nSPS) is 14.3. The summed E-state index contributed by atoms with van der Waals surface area (Å²) < 4.78 is 17.2.